The van der Waals surface area contributed by atoms with Gasteiger partial charge in [0.05, 0.1) is 18.9 Å². The minimum Gasteiger partial charge on any atom is -0.495 e. The minimum absolute atomic E-state index is 0.0538. The maximum absolute atomic E-state index is 11.9. The van der Waals surface area contributed by atoms with Crippen molar-refractivity contribution < 1.29 is 9.47 Å². The molecule has 0 bridgehead atoms. The van der Waals surface area contributed by atoms with Gasteiger partial charge in [-0.1, -0.05) is 12.1 Å². The van der Waals surface area contributed by atoms with Gasteiger partial charge in [-0.15, -0.1) is 0 Å². The summed E-state index contributed by atoms with van der Waals surface area (Å²) >= 11 is 0. The summed E-state index contributed by atoms with van der Waals surface area (Å²) in [5.74, 6) is 0.806. The molecule has 122 valence electrons. The van der Waals surface area contributed by atoms with Crippen molar-refractivity contribution in [1.29, 1.82) is 0 Å². The van der Waals surface area contributed by atoms with E-state index in [2.05, 4.69) is 10.3 Å². The number of hydrogen-bond donors (Lipinski definition) is 1. The molecule has 0 saturated carbocycles. The zero-order valence-corrected chi connectivity index (χ0v) is 13.4. The van der Waals surface area contributed by atoms with Crippen molar-refractivity contribution in [2.24, 2.45) is 0 Å². The third kappa shape index (κ3) is 3.53. The average Bonchev–Trinajstić information content (AvgIpc) is 3.02. The Labute approximate surface area is 135 Å². The van der Waals surface area contributed by atoms with E-state index in [-0.39, 0.29) is 18.0 Å². The van der Waals surface area contributed by atoms with Crippen molar-refractivity contribution in [2.45, 2.75) is 32.1 Å². The monoisotopic (exact) mass is 315 g/mol. The molecule has 1 fully saturated rings. The number of aryl methyl sites for hydroxylation is 1. The van der Waals surface area contributed by atoms with Crippen LogP contribution in [0, 0.1) is 6.92 Å². The molecule has 2 heterocycles. The van der Waals surface area contributed by atoms with Gasteiger partial charge >= 0.3 is 5.69 Å². The lowest BCUT2D eigenvalue weighted by atomic mass is 10.2. The summed E-state index contributed by atoms with van der Waals surface area (Å²) in [5.41, 5.74) is 1.41. The van der Waals surface area contributed by atoms with Crippen LogP contribution in [0.4, 0.5) is 5.69 Å². The van der Waals surface area contributed by atoms with E-state index in [1.165, 1.54) is 0 Å². The van der Waals surface area contributed by atoms with Crippen LogP contribution >= 0.6 is 0 Å². The Morgan fingerprint density at radius 1 is 1.35 bits per heavy atom. The third-order valence-electron chi connectivity index (χ3n) is 3.99. The normalized spacial score (nSPS) is 20.4. The van der Waals surface area contributed by atoms with Gasteiger partial charge in [0, 0.05) is 18.4 Å². The molecule has 1 N–H and O–H groups in total. The fourth-order valence-electron chi connectivity index (χ4n) is 2.77. The van der Waals surface area contributed by atoms with Gasteiger partial charge in [-0.25, -0.2) is 4.79 Å². The van der Waals surface area contributed by atoms with E-state index in [0.717, 1.165) is 30.0 Å². The number of aromatic nitrogens is 2. The molecule has 6 heteroatoms. The molecule has 1 aromatic heterocycles. The number of hydrogen-bond acceptors (Lipinski definition) is 5. The molecule has 0 spiro atoms. The van der Waals surface area contributed by atoms with Gasteiger partial charge in [0.15, 0.2) is 0 Å². The highest BCUT2D eigenvalue weighted by atomic mass is 16.5. The van der Waals surface area contributed by atoms with Gasteiger partial charge < -0.3 is 14.8 Å². The number of nitrogens with zero attached hydrogens (tertiary/aromatic N) is 2. The zero-order chi connectivity index (χ0) is 16.2. The Kier molecular flexibility index (Phi) is 4.62. The third-order valence-corrected chi connectivity index (χ3v) is 3.99. The molecule has 2 aromatic rings. The molecule has 1 aliphatic heterocycles. The van der Waals surface area contributed by atoms with E-state index in [9.17, 15) is 4.79 Å². The molecule has 0 amide bonds. The highest BCUT2D eigenvalue weighted by Crippen LogP contribution is 2.28. The molecular formula is C17H21N3O3. The summed E-state index contributed by atoms with van der Waals surface area (Å²) in [6.45, 7) is 2.48. The maximum Gasteiger partial charge on any atom is 0.349 e. The predicted octanol–water partition coefficient (Wildman–Crippen LogP) is 2.35. The van der Waals surface area contributed by atoms with E-state index in [0.29, 0.717) is 6.54 Å². The summed E-state index contributed by atoms with van der Waals surface area (Å²) in [5, 5.41) is 3.35. The van der Waals surface area contributed by atoms with Crippen LogP contribution in [-0.2, 0) is 4.74 Å². The molecule has 1 saturated heterocycles. The van der Waals surface area contributed by atoms with Crippen molar-refractivity contribution in [3.8, 4) is 5.75 Å². The second kappa shape index (κ2) is 6.83. The average molecular weight is 315 g/mol. The van der Waals surface area contributed by atoms with E-state index in [1.54, 1.807) is 24.8 Å². The van der Waals surface area contributed by atoms with Crippen LogP contribution in [0.1, 0.15) is 24.8 Å². The van der Waals surface area contributed by atoms with Gasteiger partial charge in [0.25, 0.3) is 0 Å². The van der Waals surface area contributed by atoms with Gasteiger partial charge in [-0.05, 0) is 38.0 Å². The van der Waals surface area contributed by atoms with Crippen LogP contribution in [0.25, 0.3) is 0 Å². The van der Waals surface area contributed by atoms with E-state index in [4.69, 9.17) is 9.47 Å². The topological polar surface area (TPSA) is 65.4 Å². The van der Waals surface area contributed by atoms with Gasteiger partial charge in [-0.2, -0.15) is 4.98 Å². The second-order valence-electron chi connectivity index (χ2n) is 5.63. The lowest BCUT2D eigenvalue weighted by Crippen LogP contribution is -2.28. The molecule has 23 heavy (non-hydrogen) atoms. The second-order valence-corrected chi connectivity index (χ2v) is 5.63. The quantitative estimate of drug-likeness (QED) is 0.917. The SMILES string of the molecule is COc1ccccc1NCC1CCC(n2ccc(C)nc2=O)O1. The van der Waals surface area contributed by atoms with Crippen LogP contribution in [0.15, 0.2) is 41.3 Å². The molecule has 3 rings (SSSR count). The number of methoxy groups -OCH3 is 1. The fourth-order valence-corrected chi connectivity index (χ4v) is 2.77. The number of nitrogens with one attached hydrogen (secondary N) is 1. The van der Waals surface area contributed by atoms with Crippen molar-refractivity contribution in [2.75, 3.05) is 19.0 Å². The molecule has 0 radical (unpaired) electrons. The van der Waals surface area contributed by atoms with E-state index < -0.39 is 0 Å². The first-order valence-electron chi connectivity index (χ1n) is 7.75. The van der Waals surface area contributed by atoms with Crippen molar-refractivity contribution in [3.05, 3.63) is 52.7 Å². The van der Waals surface area contributed by atoms with E-state index in [1.807, 2.05) is 30.3 Å². The highest BCUT2D eigenvalue weighted by molar-refractivity contribution is 5.56. The predicted molar refractivity (Wildman–Crippen MR) is 87.9 cm³/mol. The first kappa shape index (κ1) is 15.6. The molecule has 1 aromatic carbocycles. The Hall–Kier alpha value is -2.34. The maximum atomic E-state index is 11.9. The summed E-state index contributed by atoms with van der Waals surface area (Å²) in [6, 6.07) is 9.60. The molecule has 2 unspecified atom stereocenters. The Bertz CT molecular complexity index is 729. The van der Waals surface area contributed by atoms with Gasteiger partial charge in [-0.3, -0.25) is 4.57 Å². The van der Waals surface area contributed by atoms with Gasteiger partial charge in [0.1, 0.15) is 12.0 Å². The number of anilines is 1. The van der Waals surface area contributed by atoms with Crippen molar-refractivity contribution in [3.63, 3.8) is 0 Å². The van der Waals surface area contributed by atoms with Crippen LogP contribution in [0.2, 0.25) is 0 Å². The number of para-hydroxylation sites is 2. The molecule has 0 aliphatic carbocycles. The zero-order valence-electron chi connectivity index (χ0n) is 13.4. The smallest absolute Gasteiger partial charge is 0.349 e. The summed E-state index contributed by atoms with van der Waals surface area (Å²) in [6.07, 6.45) is 3.28. The minimum atomic E-state index is -0.256. The lowest BCUT2D eigenvalue weighted by molar-refractivity contribution is 0.00539. The highest BCUT2D eigenvalue weighted by Gasteiger charge is 2.27. The molecule has 2 atom stereocenters. The summed E-state index contributed by atoms with van der Waals surface area (Å²) in [7, 11) is 1.65. The van der Waals surface area contributed by atoms with Crippen molar-refractivity contribution >= 4 is 5.69 Å². The largest absolute Gasteiger partial charge is 0.495 e. The molecule has 1 aliphatic rings. The Balaban J connectivity index is 1.61. The number of benzene rings is 1. The Morgan fingerprint density at radius 3 is 2.96 bits per heavy atom. The van der Waals surface area contributed by atoms with Crippen LogP contribution in [0.5, 0.6) is 5.75 Å². The van der Waals surface area contributed by atoms with Crippen LogP contribution < -0.4 is 15.7 Å². The van der Waals surface area contributed by atoms with Crippen LogP contribution in [0.3, 0.4) is 0 Å². The Morgan fingerprint density at radius 2 is 2.17 bits per heavy atom. The summed E-state index contributed by atoms with van der Waals surface area (Å²) < 4.78 is 12.9. The molecular weight excluding hydrogens is 294 g/mol. The number of rotatable bonds is 5. The first-order valence-corrected chi connectivity index (χ1v) is 7.75. The van der Waals surface area contributed by atoms with Gasteiger partial charge in [0.2, 0.25) is 0 Å². The van der Waals surface area contributed by atoms with Crippen molar-refractivity contribution in [1.82, 2.24) is 9.55 Å². The van der Waals surface area contributed by atoms with E-state index >= 15 is 0 Å². The first-order chi connectivity index (χ1) is 11.2. The lowest BCUT2D eigenvalue weighted by Gasteiger charge is -2.17. The van der Waals surface area contributed by atoms with Crippen LogP contribution in [-0.4, -0.2) is 29.3 Å². The summed E-state index contributed by atoms with van der Waals surface area (Å²) in [4.78, 5) is 15.9. The fraction of sp³-hybridized carbons (Fsp3) is 0.412. The standard InChI is InChI=1S/C17H21N3O3/c1-12-9-10-20(17(21)19-12)16-8-7-13(23-16)11-18-14-5-3-4-6-15(14)22-2/h3-6,9-10,13,16,18H,7-8,11H2,1-2H3. The number of ether oxygens (including phenoxy) is 2. The molecule has 6 nitrogen and oxygen atoms in total.